The molecule has 0 aliphatic carbocycles. The first-order valence-corrected chi connectivity index (χ1v) is 10.0. The van der Waals surface area contributed by atoms with Crippen LogP contribution in [0.4, 0.5) is 8.78 Å². The molecule has 0 aliphatic heterocycles. The summed E-state index contributed by atoms with van der Waals surface area (Å²) in [7, 11) is 5.48. The average Bonchev–Trinajstić information content (AvgIpc) is 3.13. The average molecular weight is 441 g/mol. The van der Waals surface area contributed by atoms with Gasteiger partial charge in [0.05, 0.1) is 5.56 Å². The van der Waals surface area contributed by atoms with E-state index < -0.39 is 17.5 Å². The summed E-state index contributed by atoms with van der Waals surface area (Å²) in [5, 5.41) is 9.77. The van der Waals surface area contributed by atoms with Gasteiger partial charge in [-0.25, -0.2) is 8.78 Å². The molecule has 0 aliphatic rings. The molecule has 1 heterocycles. The Balaban J connectivity index is 1.65. The fraction of sp³-hybridized carbons (Fsp3) is 0.261. The van der Waals surface area contributed by atoms with Crippen LogP contribution in [0.25, 0.3) is 11.3 Å². The van der Waals surface area contributed by atoms with E-state index in [1.807, 2.05) is 19.0 Å². The van der Waals surface area contributed by atoms with E-state index >= 15 is 0 Å². The van der Waals surface area contributed by atoms with Crippen molar-refractivity contribution in [2.45, 2.75) is 6.54 Å². The first kappa shape index (κ1) is 23.1. The van der Waals surface area contributed by atoms with Gasteiger partial charge >= 0.3 is 0 Å². The summed E-state index contributed by atoms with van der Waals surface area (Å²) < 4.78 is 28.8. The molecule has 0 saturated heterocycles. The van der Waals surface area contributed by atoms with E-state index in [1.54, 1.807) is 31.3 Å². The molecular formula is C23H25F2N5O2. The number of halogens is 2. The van der Waals surface area contributed by atoms with Gasteiger partial charge in [-0.05, 0) is 43.9 Å². The number of aromatic nitrogens is 2. The van der Waals surface area contributed by atoms with Crippen molar-refractivity contribution in [1.82, 2.24) is 25.3 Å². The predicted octanol–water partition coefficient (Wildman–Crippen LogP) is 2.59. The molecule has 0 saturated carbocycles. The highest BCUT2D eigenvalue weighted by atomic mass is 19.1. The van der Waals surface area contributed by atoms with Crippen molar-refractivity contribution in [1.29, 1.82) is 0 Å². The minimum absolute atomic E-state index is 0.0433. The van der Waals surface area contributed by atoms with E-state index in [0.717, 1.165) is 24.2 Å². The van der Waals surface area contributed by atoms with Gasteiger partial charge in [0.1, 0.15) is 17.3 Å². The van der Waals surface area contributed by atoms with Crippen LogP contribution < -0.4 is 10.6 Å². The summed E-state index contributed by atoms with van der Waals surface area (Å²) in [6.07, 6.45) is 1.48. The van der Waals surface area contributed by atoms with E-state index in [-0.39, 0.29) is 29.3 Å². The van der Waals surface area contributed by atoms with Crippen molar-refractivity contribution >= 4 is 11.8 Å². The number of rotatable bonds is 8. The molecule has 168 valence electrons. The van der Waals surface area contributed by atoms with Crippen molar-refractivity contribution in [2.24, 2.45) is 7.05 Å². The van der Waals surface area contributed by atoms with Gasteiger partial charge in [-0.2, -0.15) is 5.10 Å². The number of nitrogens with one attached hydrogen (secondary N) is 2. The number of hydrogen-bond donors (Lipinski definition) is 2. The smallest absolute Gasteiger partial charge is 0.255 e. The highest BCUT2D eigenvalue weighted by molar-refractivity contribution is 5.99. The zero-order valence-corrected chi connectivity index (χ0v) is 18.2. The van der Waals surface area contributed by atoms with Crippen molar-refractivity contribution in [2.75, 3.05) is 27.2 Å². The number of hydrogen-bond acceptors (Lipinski definition) is 4. The fourth-order valence-corrected chi connectivity index (χ4v) is 3.08. The fourth-order valence-electron chi connectivity index (χ4n) is 3.08. The molecule has 32 heavy (non-hydrogen) atoms. The quantitative estimate of drug-likeness (QED) is 0.563. The zero-order chi connectivity index (χ0) is 23.3. The number of aryl methyl sites for hydroxylation is 1. The second kappa shape index (κ2) is 10.1. The molecule has 2 N–H and O–H groups in total. The molecule has 9 heteroatoms. The van der Waals surface area contributed by atoms with E-state index in [4.69, 9.17) is 0 Å². The van der Waals surface area contributed by atoms with E-state index in [0.29, 0.717) is 12.1 Å². The highest BCUT2D eigenvalue weighted by Gasteiger charge is 2.20. The van der Waals surface area contributed by atoms with Gasteiger partial charge in [-0.3, -0.25) is 14.3 Å². The molecule has 0 spiro atoms. The molecule has 7 nitrogen and oxygen atoms in total. The molecular weight excluding hydrogens is 416 g/mol. The van der Waals surface area contributed by atoms with E-state index in [1.165, 1.54) is 16.9 Å². The molecule has 3 rings (SSSR count). The first-order valence-electron chi connectivity index (χ1n) is 10.0. The Bertz CT molecular complexity index is 1110. The Morgan fingerprint density at radius 2 is 1.75 bits per heavy atom. The second-order valence-electron chi connectivity index (χ2n) is 7.63. The van der Waals surface area contributed by atoms with Crippen LogP contribution in [0.15, 0.2) is 48.7 Å². The third-order valence-corrected chi connectivity index (χ3v) is 4.77. The van der Waals surface area contributed by atoms with Crippen LogP contribution in [-0.2, 0) is 13.6 Å². The number of amides is 2. The standard InChI is InChI=1S/C23H25F2N5O2/c1-29(2)11-10-26-22(31)16-6-4-15(5-7-16)13-27-23(32)19-14-30(3)28-21(19)18-9-8-17(24)12-20(18)25/h4-9,12,14H,10-11,13H2,1-3H3,(H,26,31)(H,27,32). The lowest BCUT2D eigenvalue weighted by Gasteiger charge is -2.11. The van der Waals surface area contributed by atoms with Crippen molar-refractivity contribution in [3.8, 4) is 11.3 Å². The SMILES string of the molecule is CN(C)CCNC(=O)c1ccc(CNC(=O)c2cn(C)nc2-c2ccc(F)cc2F)cc1. The summed E-state index contributed by atoms with van der Waals surface area (Å²) in [5.41, 5.74) is 1.67. The van der Waals surface area contributed by atoms with Crippen LogP contribution in [0.1, 0.15) is 26.3 Å². The van der Waals surface area contributed by atoms with Crippen LogP contribution in [-0.4, -0.2) is 53.7 Å². The lowest BCUT2D eigenvalue weighted by atomic mass is 10.1. The monoisotopic (exact) mass is 441 g/mol. The maximum atomic E-state index is 14.2. The van der Waals surface area contributed by atoms with Gasteiger partial charge in [-0.1, -0.05) is 12.1 Å². The molecule has 0 unspecified atom stereocenters. The molecule has 2 amide bonds. The molecule has 1 aromatic heterocycles. The Morgan fingerprint density at radius 1 is 1.03 bits per heavy atom. The molecule has 2 aromatic carbocycles. The molecule has 0 bridgehead atoms. The summed E-state index contributed by atoms with van der Waals surface area (Å²) in [5.74, 6) is -2.11. The number of carbonyl (C=O) groups excluding carboxylic acids is 2. The number of nitrogens with zero attached hydrogens (tertiary/aromatic N) is 3. The Kier molecular flexibility index (Phi) is 7.32. The Morgan fingerprint density at radius 3 is 2.41 bits per heavy atom. The third-order valence-electron chi connectivity index (χ3n) is 4.77. The first-order chi connectivity index (χ1) is 15.2. The van der Waals surface area contributed by atoms with Gasteiger partial charge in [0.2, 0.25) is 0 Å². The van der Waals surface area contributed by atoms with Gasteiger partial charge in [0.25, 0.3) is 11.8 Å². The van der Waals surface area contributed by atoms with Gasteiger partial charge in [-0.15, -0.1) is 0 Å². The highest BCUT2D eigenvalue weighted by Crippen LogP contribution is 2.25. The van der Waals surface area contributed by atoms with Crippen molar-refractivity contribution in [3.63, 3.8) is 0 Å². The van der Waals surface area contributed by atoms with Gasteiger partial charge in [0, 0.05) is 50.1 Å². The number of benzene rings is 2. The molecule has 0 fully saturated rings. The normalized spacial score (nSPS) is 10.9. The van der Waals surface area contributed by atoms with Crippen LogP contribution in [0.3, 0.4) is 0 Å². The van der Waals surface area contributed by atoms with Crippen LogP contribution in [0, 0.1) is 11.6 Å². The minimum atomic E-state index is -0.794. The van der Waals surface area contributed by atoms with Crippen LogP contribution in [0.5, 0.6) is 0 Å². The Hall–Kier alpha value is -3.59. The lowest BCUT2D eigenvalue weighted by molar-refractivity contribution is 0.0942. The lowest BCUT2D eigenvalue weighted by Crippen LogP contribution is -2.31. The second-order valence-corrected chi connectivity index (χ2v) is 7.63. The molecule has 0 atom stereocenters. The largest absolute Gasteiger partial charge is 0.351 e. The summed E-state index contributed by atoms with van der Waals surface area (Å²) in [4.78, 5) is 26.8. The predicted molar refractivity (Wildman–Crippen MR) is 117 cm³/mol. The van der Waals surface area contributed by atoms with Crippen molar-refractivity contribution < 1.29 is 18.4 Å². The van der Waals surface area contributed by atoms with Gasteiger partial charge in [0.15, 0.2) is 0 Å². The van der Waals surface area contributed by atoms with Gasteiger partial charge < -0.3 is 15.5 Å². The summed E-state index contributed by atoms with van der Waals surface area (Å²) in [6, 6.07) is 10.0. The maximum Gasteiger partial charge on any atom is 0.255 e. The van der Waals surface area contributed by atoms with Crippen molar-refractivity contribution in [3.05, 3.63) is 77.0 Å². The molecule has 0 radical (unpaired) electrons. The van der Waals surface area contributed by atoms with Crippen LogP contribution in [0.2, 0.25) is 0 Å². The zero-order valence-electron chi connectivity index (χ0n) is 18.2. The molecule has 3 aromatic rings. The number of likely N-dealkylation sites (N-methyl/N-ethyl adjacent to an activating group) is 1. The minimum Gasteiger partial charge on any atom is -0.351 e. The number of carbonyl (C=O) groups is 2. The third kappa shape index (κ3) is 5.76. The summed E-state index contributed by atoms with van der Waals surface area (Å²) >= 11 is 0. The van der Waals surface area contributed by atoms with E-state index in [9.17, 15) is 18.4 Å². The summed E-state index contributed by atoms with van der Waals surface area (Å²) in [6.45, 7) is 1.50. The maximum absolute atomic E-state index is 14.2. The van der Waals surface area contributed by atoms with E-state index in [2.05, 4.69) is 15.7 Å². The Labute approximate surface area is 185 Å². The topological polar surface area (TPSA) is 79.3 Å². The van der Waals surface area contributed by atoms with Crippen LogP contribution >= 0.6 is 0 Å².